The summed E-state index contributed by atoms with van der Waals surface area (Å²) in [4.78, 5) is 34.9. The Morgan fingerprint density at radius 2 is 1.87 bits per heavy atom. The van der Waals surface area contributed by atoms with E-state index in [4.69, 9.17) is 4.52 Å². The van der Waals surface area contributed by atoms with Crippen LogP contribution in [0.25, 0.3) is 5.65 Å². The molecule has 39 heavy (non-hydrogen) atoms. The molecule has 1 spiro atoms. The highest BCUT2D eigenvalue weighted by Crippen LogP contribution is 2.51. The molecule has 11 heteroatoms. The average molecular weight is 536 g/mol. The van der Waals surface area contributed by atoms with Crippen molar-refractivity contribution in [3.63, 3.8) is 0 Å². The summed E-state index contributed by atoms with van der Waals surface area (Å²) in [6.45, 7) is 1.44. The zero-order valence-electron chi connectivity index (χ0n) is 20.9. The molecule has 200 valence electrons. The van der Waals surface area contributed by atoms with Crippen molar-refractivity contribution in [3.8, 4) is 0 Å². The summed E-state index contributed by atoms with van der Waals surface area (Å²) in [5.41, 5.74) is 3.13. The first kappa shape index (κ1) is 23.9. The number of carbonyl (C=O) groups excluding carboxylic acids is 2. The van der Waals surface area contributed by atoms with E-state index < -0.39 is 11.7 Å². The predicted octanol–water partition coefficient (Wildman–Crippen LogP) is 5.01. The van der Waals surface area contributed by atoms with Crippen molar-refractivity contribution in [2.45, 2.75) is 50.2 Å². The highest BCUT2D eigenvalue weighted by atomic mass is 19.4. The quantitative estimate of drug-likeness (QED) is 0.360. The van der Waals surface area contributed by atoms with E-state index in [9.17, 15) is 22.8 Å². The topological polar surface area (TPSA) is 84.0 Å². The molecule has 0 N–H and O–H groups in total. The van der Waals surface area contributed by atoms with Gasteiger partial charge >= 0.3 is 6.18 Å². The lowest BCUT2D eigenvalue weighted by atomic mass is 9.80. The fraction of sp³-hybridized carbons (Fsp3) is 0.357. The molecule has 3 aromatic heterocycles. The third-order valence-corrected chi connectivity index (χ3v) is 8.37. The number of imidazole rings is 1. The lowest BCUT2D eigenvalue weighted by Gasteiger charge is -2.27. The standard InChI is InChI=1S/C28H24F3N5O3/c29-28(30,31)19-5-9-34-14-22(32-24(34)12-19)26(38)36-16-27(7-1-2-8-27)20-11-17(3-4-23(20)36)25(37)35-10-6-21-18(13-35)15-39-33-21/h3-5,9,11-12,14-15H,1-2,6-8,10,13,16H2. The summed E-state index contributed by atoms with van der Waals surface area (Å²) in [6.07, 6.45) is 4.29. The molecule has 2 aliphatic heterocycles. The van der Waals surface area contributed by atoms with Crippen LogP contribution in [-0.2, 0) is 24.6 Å². The van der Waals surface area contributed by atoms with Crippen LogP contribution in [0.15, 0.2) is 53.5 Å². The molecule has 1 aliphatic carbocycles. The number of amides is 2. The molecule has 0 atom stereocenters. The minimum atomic E-state index is -4.50. The van der Waals surface area contributed by atoms with Crippen LogP contribution in [0.2, 0.25) is 0 Å². The number of benzene rings is 1. The van der Waals surface area contributed by atoms with Crippen LogP contribution in [0.4, 0.5) is 18.9 Å². The smallest absolute Gasteiger partial charge is 0.364 e. The molecule has 1 saturated carbocycles. The van der Waals surface area contributed by atoms with Gasteiger partial charge in [-0.1, -0.05) is 18.0 Å². The normalized spacial score (nSPS) is 18.1. The molecule has 8 nitrogen and oxygen atoms in total. The van der Waals surface area contributed by atoms with Gasteiger partial charge in [0.25, 0.3) is 11.8 Å². The number of pyridine rings is 1. The van der Waals surface area contributed by atoms with Gasteiger partial charge in [0.2, 0.25) is 0 Å². The van der Waals surface area contributed by atoms with Crippen LogP contribution in [0.1, 0.15) is 68.9 Å². The van der Waals surface area contributed by atoms with Crippen LogP contribution >= 0.6 is 0 Å². The number of carbonyl (C=O) groups is 2. The molecule has 7 rings (SSSR count). The maximum atomic E-state index is 13.7. The minimum absolute atomic E-state index is 0.0571. The number of hydrogen-bond donors (Lipinski definition) is 0. The van der Waals surface area contributed by atoms with Gasteiger partial charge in [-0.2, -0.15) is 13.2 Å². The summed E-state index contributed by atoms with van der Waals surface area (Å²) in [5, 5.41) is 3.99. The molecule has 3 aliphatic rings. The van der Waals surface area contributed by atoms with Crippen LogP contribution < -0.4 is 4.90 Å². The Labute approximate surface area is 221 Å². The zero-order valence-corrected chi connectivity index (χ0v) is 20.9. The molecular formula is C28H24F3N5O3. The molecular weight excluding hydrogens is 511 g/mol. The van der Waals surface area contributed by atoms with Gasteiger partial charge in [-0.3, -0.25) is 9.59 Å². The SMILES string of the molecule is O=C(c1ccc2c(c1)C1(CCCC1)CN2C(=O)c1cn2ccc(C(F)(F)F)cc2n1)N1CCc2nocc2C1. The first-order chi connectivity index (χ1) is 18.7. The second-order valence-corrected chi connectivity index (χ2v) is 10.7. The molecule has 0 radical (unpaired) electrons. The first-order valence-electron chi connectivity index (χ1n) is 13.0. The van der Waals surface area contributed by atoms with E-state index in [0.717, 1.165) is 60.3 Å². The van der Waals surface area contributed by atoms with Crippen molar-refractivity contribution in [2.24, 2.45) is 0 Å². The van der Waals surface area contributed by atoms with Crippen LogP contribution in [0.3, 0.4) is 0 Å². The third-order valence-electron chi connectivity index (χ3n) is 8.37. The van der Waals surface area contributed by atoms with E-state index >= 15 is 0 Å². The van der Waals surface area contributed by atoms with Crippen molar-refractivity contribution in [2.75, 3.05) is 18.0 Å². The molecule has 1 aromatic carbocycles. The van der Waals surface area contributed by atoms with Crippen LogP contribution in [0.5, 0.6) is 0 Å². The number of aromatic nitrogens is 3. The van der Waals surface area contributed by atoms with Crippen molar-refractivity contribution >= 4 is 23.1 Å². The van der Waals surface area contributed by atoms with Crippen molar-refractivity contribution in [1.29, 1.82) is 0 Å². The summed E-state index contributed by atoms with van der Waals surface area (Å²) in [6, 6.07) is 7.40. The second-order valence-electron chi connectivity index (χ2n) is 10.7. The van der Waals surface area contributed by atoms with E-state index in [1.807, 2.05) is 12.1 Å². The van der Waals surface area contributed by atoms with Gasteiger partial charge in [0, 0.05) is 54.1 Å². The third kappa shape index (κ3) is 3.82. The Morgan fingerprint density at radius 3 is 2.67 bits per heavy atom. The Hall–Kier alpha value is -4.15. The van der Waals surface area contributed by atoms with Crippen molar-refractivity contribution < 1.29 is 27.3 Å². The van der Waals surface area contributed by atoms with Crippen molar-refractivity contribution in [1.82, 2.24) is 19.4 Å². The molecule has 0 bridgehead atoms. The summed E-state index contributed by atoms with van der Waals surface area (Å²) in [5.74, 6) is -0.448. The molecule has 1 fully saturated rings. The fourth-order valence-electron chi connectivity index (χ4n) is 6.36. The van der Waals surface area contributed by atoms with Crippen LogP contribution in [0, 0.1) is 0 Å². The summed E-state index contributed by atoms with van der Waals surface area (Å²) in [7, 11) is 0. The molecule has 5 heterocycles. The average Bonchev–Trinajstić information content (AvgIpc) is 3.72. The zero-order chi connectivity index (χ0) is 26.9. The van der Waals surface area contributed by atoms with Gasteiger partial charge in [0.05, 0.1) is 17.8 Å². The first-order valence-corrected chi connectivity index (χ1v) is 13.0. The van der Waals surface area contributed by atoms with Gasteiger partial charge in [0.1, 0.15) is 17.6 Å². The second kappa shape index (κ2) is 8.42. The Bertz CT molecular complexity index is 1630. The van der Waals surface area contributed by atoms with E-state index in [1.165, 1.54) is 16.8 Å². The number of rotatable bonds is 2. The number of anilines is 1. The molecule has 2 amide bonds. The van der Waals surface area contributed by atoms with Gasteiger partial charge in [-0.05, 0) is 48.7 Å². The molecule has 0 unspecified atom stereocenters. The van der Waals surface area contributed by atoms with Crippen LogP contribution in [-0.4, -0.2) is 44.3 Å². The minimum Gasteiger partial charge on any atom is -0.364 e. The number of nitrogens with zero attached hydrogens (tertiary/aromatic N) is 5. The van der Waals surface area contributed by atoms with Gasteiger partial charge in [-0.15, -0.1) is 0 Å². The highest BCUT2D eigenvalue weighted by Gasteiger charge is 2.47. The number of alkyl halides is 3. The van der Waals surface area contributed by atoms with Crippen molar-refractivity contribution in [3.05, 3.63) is 82.6 Å². The van der Waals surface area contributed by atoms with E-state index in [1.54, 1.807) is 22.1 Å². The Kier molecular flexibility index (Phi) is 5.17. The largest absolute Gasteiger partial charge is 0.416 e. The summed E-state index contributed by atoms with van der Waals surface area (Å²) < 4.78 is 46.0. The number of halogens is 3. The molecule has 4 aromatic rings. The number of fused-ring (bicyclic) bond motifs is 4. The lowest BCUT2D eigenvalue weighted by molar-refractivity contribution is -0.137. The number of hydrogen-bond acceptors (Lipinski definition) is 5. The van der Waals surface area contributed by atoms with Gasteiger partial charge < -0.3 is 18.7 Å². The highest BCUT2D eigenvalue weighted by molar-refractivity contribution is 6.07. The Morgan fingerprint density at radius 1 is 1.05 bits per heavy atom. The molecule has 0 saturated heterocycles. The van der Waals surface area contributed by atoms with Gasteiger partial charge in [0.15, 0.2) is 0 Å². The Balaban J connectivity index is 1.21. The lowest BCUT2D eigenvalue weighted by Crippen LogP contribution is -2.36. The summed E-state index contributed by atoms with van der Waals surface area (Å²) >= 11 is 0. The maximum Gasteiger partial charge on any atom is 0.416 e. The van der Waals surface area contributed by atoms with E-state index in [0.29, 0.717) is 31.6 Å². The van der Waals surface area contributed by atoms with Gasteiger partial charge in [-0.25, -0.2) is 4.98 Å². The monoisotopic (exact) mass is 535 g/mol. The predicted molar refractivity (Wildman–Crippen MR) is 133 cm³/mol. The van der Waals surface area contributed by atoms with E-state index in [-0.39, 0.29) is 28.6 Å². The maximum absolute atomic E-state index is 13.7. The van der Waals surface area contributed by atoms with E-state index in [2.05, 4.69) is 10.1 Å². The fourth-order valence-corrected chi connectivity index (χ4v) is 6.36.